The molecule has 1 aromatic rings. The molecule has 0 amide bonds. The predicted molar refractivity (Wildman–Crippen MR) is 48.4 cm³/mol. The number of hydrogen-bond acceptors (Lipinski definition) is 3. The van der Waals surface area contributed by atoms with Gasteiger partial charge < -0.3 is 9.47 Å². The van der Waals surface area contributed by atoms with Crippen LogP contribution in [-0.4, -0.2) is 13.1 Å². The summed E-state index contributed by atoms with van der Waals surface area (Å²) in [7, 11) is 1.34. The molecule has 1 rings (SSSR count). The quantitative estimate of drug-likeness (QED) is 0.666. The smallest absolute Gasteiger partial charge is 0.341 e. The highest BCUT2D eigenvalue weighted by molar-refractivity contribution is 5.92. The highest BCUT2D eigenvalue weighted by atomic mass is 16.5. The van der Waals surface area contributed by atoms with Crippen LogP contribution >= 0.6 is 0 Å². The first-order valence-corrected chi connectivity index (χ1v) is 3.91. The first kappa shape index (κ1) is 9.58. The summed E-state index contributed by atoms with van der Waals surface area (Å²) in [5.41, 5.74) is 0.433. The second-order valence-corrected chi connectivity index (χ2v) is 2.34. The monoisotopic (exact) mass is 179 g/mol. The van der Waals surface area contributed by atoms with Gasteiger partial charge >= 0.3 is 5.97 Å². The third kappa shape index (κ3) is 2.21. The lowest BCUT2D eigenvalue weighted by atomic mass is 10.2. The minimum absolute atomic E-state index is 0.391. The van der Waals surface area contributed by atoms with Crippen LogP contribution in [-0.2, 0) is 4.74 Å². The highest BCUT2D eigenvalue weighted by Crippen LogP contribution is 2.18. The fourth-order valence-corrected chi connectivity index (χ4v) is 0.975. The van der Waals surface area contributed by atoms with Crippen molar-refractivity contribution in [3.63, 3.8) is 0 Å². The Labute approximate surface area is 77.3 Å². The van der Waals surface area contributed by atoms with E-state index >= 15 is 0 Å². The Bertz CT molecular complexity index is 294. The van der Waals surface area contributed by atoms with Crippen LogP contribution in [0.4, 0.5) is 0 Å². The molecule has 0 aliphatic heterocycles. The fourth-order valence-electron chi connectivity index (χ4n) is 0.975. The van der Waals surface area contributed by atoms with E-state index in [1.165, 1.54) is 13.7 Å². The third-order valence-corrected chi connectivity index (χ3v) is 1.54. The van der Waals surface area contributed by atoms with Crippen LogP contribution in [0.5, 0.6) is 5.75 Å². The van der Waals surface area contributed by atoms with Crippen LogP contribution < -0.4 is 4.74 Å². The maximum atomic E-state index is 11.2. The molecule has 0 N–H and O–H groups in total. The molecule has 1 radical (unpaired) electrons. The van der Waals surface area contributed by atoms with E-state index in [-0.39, 0.29) is 0 Å². The predicted octanol–water partition coefficient (Wildman–Crippen LogP) is 2.03. The van der Waals surface area contributed by atoms with Gasteiger partial charge in [-0.3, -0.25) is 0 Å². The summed E-state index contributed by atoms with van der Waals surface area (Å²) in [6, 6.07) is 6.93. The summed E-state index contributed by atoms with van der Waals surface area (Å²) in [6.45, 7) is 3.26. The molecule has 0 heterocycles. The van der Waals surface area contributed by atoms with Crippen molar-refractivity contribution in [3.8, 4) is 5.75 Å². The number of carbonyl (C=O) groups excluding carboxylic acids is 1. The zero-order valence-electron chi connectivity index (χ0n) is 7.61. The van der Waals surface area contributed by atoms with Crippen molar-refractivity contribution in [1.82, 2.24) is 0 Å². The second kappa shape index (κ2) is 4.50. The van der Waals surface area contributed by atoms with E-state index in [9.17, 15) is 4.79 Å². The Morgan fingerprint density at radius 2 is 2.08 bits per heavy atom. The van der Waals surface area contributed by atoms with Gasteiger partial charge in [0.1, 0.15) is 17.9 Å². The minimum Gasteiger partial charge on any atom is -0.486 e. The van der Waals surface area contributed by atoms with Crippen LogP contribution in [0, 0.1) is 6.61 Å². The molecule has 0 bridgehead atoms. The van der Waals surface area contributed by atoms with Crippen molar-refractivity contribution < 1.29 is 14.3 Å². The molecule has 0 unspecified atom stereocenters. The van der Waals surface area contributed by atoms with Gasteiger partial charge in [-0.15, -0.1) is 0 Å². The summed E-state index contributed by atoms with van der Waals surface area (Å²) in [6.07, 6.45) is 0. The Hall–Kier alpha value is -1.51. The number of para-hydroxylation sites is 1. The largest absolute Gasteiger partial charge is 0.486 e. The normalized spacial score (nSPS) is 9.38. The molecule has 69 valence electrons. The molecule has 0 atom stereocenters. The average molecular weight is 179 g/mol. The SMILES string of the molecule is C[CH]Oc1ccccc1C(=O)OC. The molecule has 0 aliphatic carbocycles. The fraction of sp³-hybridized carbons (Fsp3) is 0.200. The zero-order valence-corrected chi connectivity index (χ0v) is 7.61. The van der Waals surface area contributed by atoms with Crippen molar-refractivity contribution in [1.29, 1.82) is 0 Å². The lowest BCUT2D eigenvalue weighted by molar-refractivity contribution is 0.0597. The maximum absolute atomic E-state index is 11.2. The van der Waals surface area contributed by atoms with Crippen LogP contribution in [0.3, 0.4) is 0 Å². The summed E-state index contributed by atoms with van der Waals surface area (Å²) in [4.78, 5) is 11.2. The molecular formula is C10H11O3. The molecule has 0 fully saturated rings. The Morgan fingerprint density at radius 1 is 1.38 bits per heavy atom. The van der Waals surface area contributed by atoms with Crippen LogP contribution in [0.1, 0.15) is 17.3 Å². The molecule has 3 nitrogen and oxygen atoms in total. The van der Waals surface area contributed by atoms with E-state index in [0.29, 0.717) is 11.3 Å². The lowest BCUT2D eigenvalue weighted by Gasteiger charge is -2.06. The van der Waals surface area contributed by atoms with Gasteiger partial charge in [0.25, 0.3) is 0 Å². The Morgan fingerprint density at radius 3 is 2.69 bits per heavy atom. The zero-order chi connectivity index (χ0) is 9.68. The first-order valence-electron chi connectivity index (χ1n) is 3.91. The molecule has 0 spiro atoms. The second-order valence-electron chi connectivity index (χ2n) is 2.34. The van der Waals surface area contributed by atoms with Crippen molar-refractivity contribution in [3.05, 3.63) is 36.4 Å². The van der Waals surface area contributed by atoms with Crippen molar-refractivity contribution in [2.45, 2.75) is 6.92 Å². The molecule has 0 saturated carbocycles. The summed E-state index contributed by atoms with van der Waals surface area (Å²) in [5, 5.41) is 0. The molecule has 3 heteroatoms. The molecular weight excluding hydrogens is 168 g/mol. The third-order valence-electron chi connectivity index (χ3n) is 1.54. The Balaban J connectivity index is 2.97. The van der Waals surface area contributed by atoms with Crippen molar-refractivity contribution in [2.75, 3.05) is 7.11 Å². The number of hydrogen-bond donors (Lipinski definition) is 0. The van der Waals surface area contributed by atoms with Crippen molar-refractivity contribution >= 4 is 5.97 Å². The standard InChI is InChI=1S/C10H11O3/c1-3-13-9-7-5-4-6-8(9)10(11)12-2/h3-7H,1-2H3. The minimum atomic E-state index is -0.391. The van der Waals surface area contributed by atoms with E-state index in [2.05, 4.69) is 4.74 Å². The molecule has 0 aliphatic rings. The number of benzene rings is 1. The summed E-state index contributed by atoms with van der Waals surface area (Å²) >= 11 is 0. The molecule has 0 saturated heterocycles. The molecule has 0 aromatic heterocycles. The first-order chi connectivity index (χ1) is 6.29. The number of methoxy groups -OCH3 is 1. The van der Waals surface area contributed by atoms with Crippen LogP contribution in [0.25, 0.3) is 0 Å². The number of rotatable bonds is 3. The van der Waals surface area contributed by atoms with E-state index < -0.39 is 5.97 Å². The number of esters is 1. The van der Waals surface area contributed by atoms with Crippen molar-refractivity contribution in [2.24, 2.45) is 0 Å². The van der Waals surface area contributed by atoms with Gasteiger partial charge in [0, 0.05) is 0 Å². The molecule has 13 heavy (non-hydrogen) atoms. The van der Waals surface area contributed by atoms with Gasteiger partial charge in [-0.05, 0) is 19.1 Å². The van der Waals surface area contributed by atoms with Gasteiger partial charge in [0.2, 0.25) is 0 Å². The topological polar surface area (TPSA) is 35.5 Å². The van der Waals surface area contributed by atoms with Crippen LogP contribution in [0.15, 0.2) is 24.3 Å². The highest BCUT2D eigenvalue weighted by Gasteiger charge is 2.10. The van der Waals surface area contributed by atoms with E-state index in [0.717, 1.165) is 0 Å². The van der Waals surface area contributed by atoms with Crippen LogP contribution in [0.2, 0.25) is 0 Å². The summed E-state index contributed by atoms with van der Waals surface area (Å²) in [5.74, 6) is 0.120. The van der Waals surface area contributed by atoms with Gasteiger partial charge in [0.05, 0.1) is 7.11 Å². The van der Waals surface area contributed by atoms with Gasteiger partial charge in [-0.25, -0.2) is 4.79 Å². The van der Waals surface area contributed by atoms with Gasteiger partial charge in [-0.1, -0.05) is 12.1 Å². The summed E-state index contributed by atoms with van der Waals surface area (Å²) < 4.78 is 9.72. The van der Waals surface area contributed by atoms with E-state index in [1.54, 1.807) is 31.2 Å². The van der Waals surface area contributed by atoms with Gasteiger partial charge in [-0.2, -0.15) is 0 Å². The maximum Gasteiger partial charge on any atom is 0.341 e. The lowest BCUT2D eigenvalue weighted by Crippen LogP contribution is -2.03. The Kier molecular flexibility index (Phi) is 3.31. The average Bonchev–Trinajstić information content (AvgIpc) is 2.18. The van der Waals surface area contributed by atoms with E-state index in [4.69, 9.17) is 4.74 Å². The molecule has 1 aromatic carbocycles. The number of carbonyl (C=O) groups is 1. The van der Waals surface area contributed by atoms with E-state index in [1.807, 2.05) is 0 Å². The number of ether oxygens (including phenoxy) is 2. The van der Waals surface area contributed by atoms with Gasteiger partial charge in [0.15, 0.2) is 0 Å².